The largest absolute Gasteiger partial charge is 0.310 e. The number of nitrogens with zero attached hydrogens (tertiary/aromatic N) is 2. The normalized spacial score (nSPS) is 15.5. The summed E-state index contributed by atoms with van der Waals surface area (Å²) >= 11 is 0. The lowest BCUT2D eigenvalue weighted by molar-refractivity contribution is -0.116. The molecular formula is C25H20FN3O. The average Bonchev–Trinajstić information content (AvgIpc) is 3.14. The first-order valence-corrected chi connectivity index (χ1v) is 9.91. The van der Waals surface area contributed by atoms with Crippen molar-refractivity contribution in [2.45, 2.75) is 19.3 Å². The second-order valence-corrected chi connectivity index (χ2v) is 7.58. The number of aryl methyl sites for hydroxylation is 1. The van der Waals surface area contributed by atoms with E-state index in [4.69, 9.17) is 5.10 Å². The molecule has 5 heteroatoms. The van der Waals surface area contributed by atoms with Crippen LogP contribution in [0.2, 0.25) is 0 Å². The molecule has 4 aromatic rings. The van der Waals surface area contributed by atoms with Gasteiger partial charge in [0.05, 0.1) is 11.4 Å². The number of hydrogen-bond donors (Lipinski definition) is 1. The number of carbonyl (C=O) groups excluding carboxylic acids is 1. The molecule has 0 aliphatic carbocycles. The van der Waals surface area contributed by atoms with Gasteiger partial charge in [-0.2, -0.15) is 5.10 Å². The van der Waals surface area contributed by atoms with Crippen molar-refractivity contribution in [2.24, 2.45) is 0 Å². The fourth-order valence-corrected chi connectivity index (χ4v) is 4.01. The zero-order valence-corrected chi connectivity index (χ0v) is 16.5. The summed E-state index contributed by atoms with van der Waals surface area (Å²) in [6, 6.07) is 24.3. The number of hydrogen-bond acceptors (Lipinski definition) is 2. The number of fused-ring (bicyclic) bond motifs is 1. The first kappa shape index (κ1) is 18.3. The average molecular weight is 397 g/mol. The molecule has 0 unspecified atom stereocenters. The number of nitrogens with one attached hydrogen (secondary N) is 1. The topological polar surface area (TPSA) is 46.9 Å². The zero-order valence-electron chi connectivity index (χ0n) is 16.5. The van der Waals surface area contributed by atoms with Crippen LogP contribution in [-0.4, -0.2) is 15.7 Å². The van der Waals surface area contributed by atoms with E-state index in [0.717, 1.165) is 33.6 Å². The molecule has 4 nitrogen and oxygen atoms in total. The Hall–Kier alpha value is -3.73. The number of anilines is 1. The van der Waals surface area contributed by atoms with Gasteiger partial charge in [-0.25, -0.2) is 9.07 Å². The molecule has 0 spiro atoms. The third kappa shape index (κ3) is 3.18. The lowest BCUT2D eigenvalue weighted by atomic mass is 9.84. The molecule has 1 N–H and O–H groups in total. The van der Waals surface area contributed by atoms with Crippen LogP contribution < -0.4 is 5.32 Å². The van der Waals surface area contributed by atoms with Crippen molar-refractivity contribution >= 4 is 11.7 Å². The fraction of sp³-hybridized carbons (Fsp3) is 0.120. The van der Waals surface area contributed by atoms with Crippen LogP contribution in [-0.2, 0) is 4.79 Å². The molecule has 5 rings (SSSR count). The van der Waals surface area contributed by atoms with Crippen LogP contribution >= 0.6 is 0 Å². The summed E-state index contributed by atoms with van der Waals surface area (Å²) in [7, 11) is 0. The Balaban J connectivity index is 1.76. The van der Waals surface area contributed by atoms with Crippen LogP contribution in [0.3, 0.4) is 0 Å². The Bertz CT molecular complexity index is 1210. The first-order chi connectivity index (χ1) is 14.6. The molecule has 30 heavy (non-hydrogen) atoms. The number of rotatable bonds is 3. The molecule has 2 heterocycles. The maximum Gasteiger partial charge on any atom is 0.226 e. The molecule has 148 valence electrons. The smallest absolute Gasteiger partial charge is 0.226 e. The van der Waals surface area contributed by atoms with E-state index < -0.39 is 0 Å². The molecule has 3 aromatic carbocycles. The van der Waals surface area contributed by atoms with Crippen molar-refractivity contribution < 1.29 is 9.18 Å². The predicted molar refractivity (Wildman–Crippen MR) is 115 cm³/mol. The quantitative estimate of drug-likeness (QED) is 0.499. The molecule has 0 radical (unpaired) electrons. The van der Waals surface area contributed by atoms with Gasteiger partial charge in [-0.1, -0.05) is 60.2 Å². The van der Waals surface area contributed by atoms with Crippen molar-refractivity contribution in [2.75, 3.05) is 5.32 Å². The van der Waals surface area contributed by atoms with E-state index in [-0.39, 0.29) is 24.1 Å². The predicted octanol–water partition coefficient (Wildman–Crippen LogP) is 5.46. The minimum absolute atomic E-state index is 0.0790. The van der Waals surface area contributed by atoms with Crippen LogP contribution in [0.4, 0.5) is 10.2 Å². The highest BCUT2D eigenvalue weighted by Crippen LogP contribution is 2.43. The molecular weight excluding hydrogens is 377 g/mol. The highest BCUT2D eigenvalue weighted by atomic mass is 19.1. The summed E-state index contributed by atoms with van der Waals surface area (Å²) in [5.74, 6) is 0.0922. The molecule has 0 fully saturated rings. The minimum atomic E-state index is -0.294. The second kappa shape index (κ2) is 7.26. The van der Waals surface area contributed by atoms with E-state index in [1.54, 1.807) is 16.8 Å². The lowest BCUT2D eigenvalue weighted by Gasteiger charge is -2.25. The summed E-state index contributed by atoms with van der Waals surface area (Å²) in [6.07, 6.45) is 0.290. The minimum Gasteiger partial charge on any atom is -0.310 e. The van der Waals surface area contributed by atoms with E-state index in [9.17, 15) is 9.18 Å². The van der Waals surface area contributed by atoms with Gasteiger partial charge in [0.1, 0.15) is 11.6 Å². The van der Waals surface area contributed by atoms with Gasteiger partial charge in [0.25, 0.3) is 0 Å². The monoisotopic (exact) mass is 397 g/mol. The molecule has 1 amide bonds. The van der Waals surface area contributed by atoms with E-state index in [2.05, 4.69) is 5.32 Å². The van der Waals surface area contributed by atoms with Crippen molar-refractivity contribution in [3.63, 3.8) is 0 Å². The van der Waals surface area contributed by atoms with Crippen molar-refractivity contribution in [1.29, 1.82) is 0 Å². The maximum atomic E-state index is 13.5. The Morgan fingerprint density at radius 2 is 1.67 bits per heavy atom. The number of carbonyl (C=O) groups is 1. The van der Waals surface area contributed by atoms with Gasteiger partial charge in [0.2, 0.25) is 5.91 Å². The van der Waals surface area contributed by atoms with Crippen LogP contribution in [0, 0.1) is 12.7 Å². The Labute approximate surface area is 174 Å². The summed E-state index contributed by atoms with van der Waals surface area (Å²) in [5.41, 5.74) is 5.67. The number of halogens is 1. The Morgan fingerprint density at radius 1 is 0.967 bits per heavy atom. The zero-order chi connectivity index (χ0) is 20.7. The van der Waals surface area contributed by atoms with Crippen molar-refractivity contribution in [3.05, 3.63) is 101 Å². The van der Waals surface area contributed by atoms with Gasteiger partial charge in [0, 0.05) is 23.5 Å². The van der Waals surface area contributed by atoms with Crippen molar-refractivity contribution in [3.8, 4) is 16.9 Å². The highest BCUT2D eigenvalue weighted by Gasteiger charge is 2.34. The van der Waals surface area contributed by atoms with Crippen LogP contribution in [0.1, 0.15) is 29.0 Å². The van der Waals surface area contributed by atoms with Gasteiger partial charge < -0.3 is 5.32 Å². The molecule has 0 bridgehead atoms. The van der Waals surface area contributed by atoms with Crippen molar-refractivity contribution in [1.82, 2.24) is 9.78 Å². The van der Waals surface area contributed by atoms with Crippen LogP contribution in [0.25, 0.3) is 16.9 Å². The Morgan fingerprint density at radius 3 is 2.37 bits per heavy atom. The van der Waals surface area contributed by atoms with E-state index in [1.807, 2.05) is 61.5 Å². The van der Waals surface area contributed by atoms with Gasteiger partial charge in [0.15, 0.2) is 0 Å². The third-order valence-electron chi connectivity index (χ3n) is 5.52. The number of benzene rings is 3. The summed E-state index contributed by atoms with van der Waals surface area (Å²) in [5, 5.41) is 7.95. The first-order valence-electron chi connectivity index (χ1n) is 9.91. The molecule has 0 saturated carbocycles. The second-order valence-electron chi connectivity index (χ2n) is 7.58. The van der Waals surface area contributed by atoms with E-state index in [1.165, 1.54) is 12.1 Å². The number of aromatic nitrogens is 2. The molecule has 1 aliphatic heterocycles. The van der Waals surface area contributed by atoms with E-state index in [0.29, 0.717) is 5.82 Å². The summed E-state index contributed by atoms with van der Waals surface area (Å²) in [6.45, 7) is 2.03. The fourth-order valence-electron chi connectivity index (χ4n) is 4.01. The van der Waals surface area contributed by atoms with Gasteiger partial charge in [-0.05, 0) is 36.8 Å². The molecule has 1 aliphatic rings. The highest BCUT2D eigenvalue weighted by molar-refractivity contribution is 5.96. The van der Waals surface area contributed by atoms with Crippen LogP contribution in [0.15, 0.2) is 78.9 Å². The van der Waals surface area contributed by atoms with E-state index >= 15 is 0 Å². The van der Waals surface area contributed by atoms with Crippen LogP contribution in [0.5, 0.6) is 0 Å². The maximum absolute atomic E-state index is 13.5. The number of amides is 1. The molecule has 1 atom stereocenters. The molecule has 1 aromatic heterocycles. The Kier molecular flexibility index (Phi) is 4.43. The summed E-state index contributed by atoms with van der Waals surface area (Å²) in [4.78, 5) is 12.6. The van der Waals surface area contributed by atoms with Gasteiger partial charge in [-0.3, -0.25) is 4.79 Å². The SMILES string of the molecule is Cc1ccc(-n2nc(-c3ccccc3)c3c2NC(=O)C[C@@H]3c2ccc(F)cc2)cc1. The molecule has 0 saturated heterocycles. The van der Waals surface area contributed by atoms with Gasteiger partial charge in [-0.15, -0.1) is 0 Å². The summed E-state index contributed by atoms with van der Waals surface area (Å²) < 4.78 is 15.3. The third-order valence-corrected chi connectivity index (χ3v) is 5.52. The lowest BCUT2D eigenvalue weighted by Crippen LogP contribution is -2.24. The van der Waals surface area contributed by atoms with Gasteiger partial charge >= 0.3 is 0 Å². The standard InChI is InChI=1S/C25H20FN3O/c1-16-7-13-20(14-8-16)29-25-23(24(28-29)18-5-3-2-4-6-18)21(15-22(30)27-25)17-9-11-19(26)12-10-17/h2-14,21H,15H2,1H3,(H,27,30)/t21-/m1/s1.